The van der Waals surface area contributed by atoms with Gasteiger partial charge in [-0.15, -0.1) is 0 Å². The maximum Gasteiger partial charge on any atom is 0.326 e. The van der Waals surface area contributed by atoms with Gasteiger partial charge >= 0.3 is 5.97 Å². The number of benzene rings is 1. The molecule has 1 aromatic carbocycles. The zero-order valence-corrected chi connectivity index (χ0v) is 19.2. The second-order valence-corrected chi connectivity index (χ2v) is 7.87. The van der Waals surface area contributed by atoms with Gasteiger partial charge in [-0.1, -0.05) is 41.4 Å². The van der Waals surface area contributed by atoms with Gasteiger partial charge in [-0.2, -0.15) is 0 Å². The predicted octanol–water partition coefficient (Wildman–Crippen LogP) is 3.87. The minimum Gasteiger partial charge on any atom is -0.493 e. The largest absolute Gasteiger partial charge is 0.493 e. The molecule has 0 saturated heterocycles. The van der Waals surface area contributed by atoms with Gasteiger partial charge in [-0.05, 0) is 29.8 Å². The number of hydrogen-bond donors (Lipinski definition) is 3. The van der Waals surface area contributed by atoms with Crippen molar-refractivity contribution in [2.24, 2.45) is 0 Å². The average Bonchev–Trinajstić information content (AvgIpc) is 2.79. The highest BCUT2D eigenvalue weighted by atomic mass is 35.5. The molecule has 2 heterocycles. The summed E-state index contributed by atoms with van der Waals surface area (Å²) in [4.78, 5) is 32.4. The first kappa shape index (κ1) is 24.3. The molecule has 0 aliphatic carbocycles. The van der Waals surface area contributed by atoms with Crippen LogP contribution in [0.15, 0.2) is 54.9 Å². The fourth-order valence-corrected chi connectivity index (χ4v) is 3.58. The molecule has 0 fully saturated rings. The number of ether oxygens (including phenoxy) is 1. The van der Waals surface area contributed by atoms with Gasteiger partial charge in [0.2, 0.25) is 0 Å². The van der Waals surface area contributed by atoms with E-state index in [1.165, 1.54) is 12.4 Å². The van der Waals surface area contributed by atoms with Crippen molar-refractivity contribution < 1.29 is 19.4 Å². The molecule has 33 heavy (non-hydrogen) atoms. The van der Waals surface area contributed by atoms with E-state index in [1.54, 1.807) is 24.3 Å². The van der Waals surface area contributed by atoms with Crippen molar-refractivity contribution in [1.29, 1.82) is 0 Å². The van der Waals surface area contributed by atoms with E-state index in [0.29, 0.717) is 24.3 Å². The molecular formula is C23H22Cl2N4O4. The number of nitrogens with one attached hydrogen (secondary N) is 2. The summed E-state index contributed by atoms with van der Waals surface area (Å²) in [6.07, 6.45) is 3.25. The van der Waals surface area contributed by atoms with E-state index in [4.69, 9.17) is 27.9 Å². The lowest BCUT2D eigenvalue weighted by molar-refractivity contribution is -0.139. The molecule has 0 spiro atoms. The van der Waals surface area contributed by atoms with E-state index in [9.17, 15) is 14.7 Å². The van der Waals surface area contributed by atoms with Crippen molar-refractivity contribution in [3.63, 3.8) is 0 Å². The van der Waals surface area contributed by atoms with Gasteiger partial charge in [0.05, 0.1) is 22.2 Å². The van der Waals surface area contributed by atoms with E-state index in [2.05, 4.69) is 20.6 Å². The zero-order chi connectivity index (χ0) is 23.8. The number of carboxylic acids is 1. The highest BCUT2D eigenvalue weighted by Gasteiger charge is 2.24. The summed E-state index contributed by atoms with van der Waals surface area (Å²) in [5.74, 6) is -0.419. The van der Waals surface area contributed by atoms with Crippen LogP contribution < -0.4 is 15.4 Å². The molecule has 8 nitrogen and oxygen atoms in total. The fraction of sp³-hybridized carbons (Fsp3) is 0.217. The van der Waals surface area contributed by atoms with Gasteiger partial charge in [-0.25, -0.2) is 9.78 Å². The maximum atomic E-state index is 12.5. The second-order valence-electron chi connectivity index (χ2n) is 7.05. The summed E-state index contributed by atoms with van der Waals surface area (Å²) in [5, 5.41) is 15.1. The Morgan fingerprint density at radius 2 is 1.79 bits per heavy atom. The van der Waals surface area contributed by atoms with Crippen LogP contribution in [0.3, 0.4) is 0 Å². The topological polar surface area (TPSA) is 113 Å². The smallest absolute Gasteiger partial charge is 0.326 e. The highest BCUT2D eigenvalue weighted by molar-refractivity contribution is 6.39. The van der Waals surface area contributed by atoms with Crippen LogP contribution >= 0.6 is 23.2 Å². The quantitative estimate of drug-likeness (QED) is 0.396. The number of pyridine rings is 2. The van der Waals surface area contributed by atoms with Crippen molar-refractivity contribution in [2.45, 2.75) is 18.9 Å². The van der Waals surface area contributed by atoms with Crippen LogP contribution in [0.2, 0.25) is 10.0 Å². The number of nitrogens with zero attached hydrogens (tertiary/aromatic N) is 2. The summed E-state index contributed by atoms with van der Waals surface area (Å²) in [6, 6.07) is 11.6. The molecule has 0 saturated carbocycles. The maximum absolute atomic E-state index is 12.5. The Labute approximate surface area is 200 Å². The van der Waals surface area contributed by atoms with Gasteiger partial charge in [0, 0.05) is 38.0 Å². The predicted molar refractivity (Wildman–Crippen MR) is 126 cm³/mol. The molecule has 3 aromatic rings. The monoisotopic (exact) mass is 488 g/mol. The van der Waals surface area contributed by atoms with Crippen molar-refractivity contribution in [2.75, 3.05) is 19.0 Å². The lowest BCUT2D eigenvalue weighted by atomic mass is 10.1. The summed E-state index contributed by atoms with van der Waals surface area (Å²) < 4.78 is 5.76. The minimum atomic E-state index is -1.18. The summed E-state index contributed by atoms with van der Waals surface area (Å²) in [7, 11) is 1.81. The van der Waals surface area contributed by atoms with Crippen molar-refractivity contribution in [3.05, 3.63) is 81.7 Å². The molecule has 172 valence electrons. The van der Waals surface area contributed by atoms with Gasteiger partial charge < -0.3 is 20.5 Å². The number of amides is 1. The lowest BCUT2D eigenvalue weighted by Crippen LogP contribution is -2.42. The fourth-order valence-electron chi connectivity index (χ4n) is 3.05. The summed E-state index contributed by atoms with van der Waals surface area (Å²) >= 11 is 12.0. The van der Waals surface area contributed by atoms with Crippen molar-refractivity contribution in [1.82, 2.24) is 15.3 Å². The summed E-state index contributed by atoms with van der Waals surface area (Å²) in [6.45, 7) is 0.445. The molecule has 0 bridgehead atoms. The van der Waals surface area contributed by atoms with Gasteiger partial charge in [0.25, 0.3) is 5.91 Å². The Hall–Kier alpha value is -3.36. The Morgan fingerprint density at radius 1 is 1.09 bits per heavy atom. The first-order valence-electron chi connectivity index (χ1n) is 10.1. The Kier molecular flexibility index (Phi) is 8.46. The number of aliphatic carboxylic acids is 1. The molecule has 1 atom stereocenters. The molecule has 1 amide bonds. The molecule has 0 unspecified atom stereocenters. The molecule has 3 N–H and O–H groups in total. The highest BCUT2D eigenvalue weighted by Crippen LogP contribution is 2.23. The molecule has 0 radical (unpaired) electrons. The van der Waals surface area contributed by atoms with Crippen molar-refractivity contribution in [3.8, 4) is 5.75 Å². The molecule has 0 aliphatic heterocycles. The third-order valence-electron chi connectivity index (χ3n) is 4.74. The Bertz CT molecular complexity index is 1110. The SMILES string of the molecule is CNc1cccc(CCOc2ccc(C[C@H](NC(=O)c3c(Cl)cncc3Cl)C(=O)O)cc2)n1. The van der Waals surface area contributed by atoms with Crippen LogP contribution in [-0.2, 0) is 17.6 Å². The Balaban J connectivity index is 1.57. The van der Waals surface area contributed by atoms with E-state index in [-0.39, 0.29) is 22.0 Å². The Morgan fingerprint density at radius 3 is 2.42 bits per heavy atom. The number of carboxylic acid groups (broad SMARTS) is 1. The average molecular weight is 489 g/mol. The first-order chi connectivity index (χ1) is 15.9. The number of aromatic nitrogens is 2. The number of carbonyl (C=O) groups is 2. The van der Waals surface area contributed by atoms with Crippen molar-refractivity contribution >= 4 is 40.9 Å². The number of carbonyl (C=O) groups excluding carboxylic acids is 1. The number of halogens is 2. The zero-order valence-electron chi connectivity index (χ0n) is 17.7. The number of hydrogen-bond acceptors (Lipinski definition) is 6. The van der Waals surface area contributed by atoms with Crippen LogP contribution in [0, 0.1) is 0 Å². The molecular weight excluding hydrogens is 467 g/mol. The third-order valence-corrected chi connectivity index (χ3v) is 5.31. The third kappa shape index (κ3) is 6.81. The molecule has 0 aliphatic rings. The molecule has 10 heteroatoms. The van der Waals surface area contributed by atoms with E-state index < -0.39 is 17.9 Å². The van der Waals surface area contributed by atoms with Gasteiger partial charge in [0.15, 0.2) is 0 Å². The lowest BCUT2D eigenvalue weighted by Gasteiger charge is -2.16. The van der Waals surface area contributed by atoms with E-state index >= 15 is 0 Å². The first-order valence-corrected chi connectivity index (χ1v) is 10.8. The van der Waals surface area contributed by atoms with Gasteiger partial charge in [0.1, 0.15) is 17.6 Å². The van der Waals surface area contributed by atoms with E-state index in [0.717, 1.165) is 11.5 Å². The standard InChI is InChI=1S/C23H22Cl2N4O4/c1-26-20-4-2-3-15(28-20)9-10-33-16-7-5-14(6-8-16)11-19(23(31)32)29-22(30)21-17(24)12-27-13-18(21)25/h2-8,12-13,19H,9-11H2,1H3,(H,26,28)(H,29,30)(H,31,32)/t19-/m0/s1. The van der Waals surface area contributed by atoms with Crippen LogP contribution in [0.1, 0.15) is 21.6 Å². The van der Waals surface area contributed by atoms with Crippen LogP contribution in [0.25, 0.3) is 0 Å². The van der Waals surface area contributed by atoms with E-state index in [1.807, 2.05) is 25.2 Å². The number of anilines is 1. The van der Waals surface area contributed by atoms with Crippen LogP contribution in [0.5, 0.6) is 5.75 Å². The summed E-state index contributed by atoms with van der Waals surface area (Å²) in [5.41, 5.74) is 1.61. The van der Waals surface area contributed by atoms with Crippen LogP contribution in [0.4, 0.5) is 5.82 Å². The molecule has 3 rings (SSSR count). The second kappa shape index (κ2) is 11.5. The van der Waals surface area contributed by atoms with Crippen LogP contribution in [-0.4, -0.2) is 46.6 Å². The number of rotatable bonds is 10. The van der Waals surface area contributed by atoms with Gasteiger partial charge in [-0.3, -0.25) is 9.78 Å². The normalized spacial score (nSPS) is 11.5. The minimum absolute atomic E-state index is 0.0157. The molecule has 2 aromatic heterocycles.